The van der Waals surface area contributed by atoms with Gasteiger partial charge in [0, 0.05) is 0 Å². The minimum atomic E-state index is -0.0942. The van der Waals surface area contributed by atoms with Crippen molar-refractivity contribution < 1.29 is 13.9 Å². The highest BCUT2D eigenvalue weighted by Gasteiger charge is 2.05. The van der Waals surface area contributed by atoms with E-state index in [1.807, 2.05) is 48.5 Å². The van der Waals surface area contributed by atoms with Crippen LogP contribution in [-0.2, 0) is 17.8 Å². The molecule has 3 rings (SSSR count). The van der Waals surface area contributed by atoms with Gasteiger partial charge in [-0.1, -0.05) is 12.1 Å². The summed E-state index contributed by atoms with van der Waals surface area (Å²) in [4.78, 5) is 16.4. The average molecular weight is 337 g/mol. The lowest BCUT2D eigenvalue weighted by Crippen LogP contribution is -2.14. The zero-order valence-electron chi connectivity index (χ0n) is 13.9. The first kappa shape index (κ1) is 16.6. The summed E-state index contributed by atoms with van der Waals surface area (Å²) in [6.45, 7) is 0.559. The van der Waals surface area contributed by atoms with Crippen LogP contribution in [0.15, 0.2) is 65.4 Å². The molecule has 0 aliphatic rings. The number of methoxy groups -OCH3 is 1. The predicted octanol–water partition coefficient (Wildman–Crippen LogP) is 3.48. The number of hydrogen-bond donors (Lipinski definition) is 2. The highest BCUT2D eigenvalue weighted by atomic mass is 16.5. The lowest BCUT2D eigenvalue weighted by atomic mass is 10.1. The normalized spacial score (nSPS) is 10.3. The minimum Gasteiger partial charge on any atom is -0.497 e. The van der Waals surface area contributed by atoms with Gasteiger partial charge in [0.05, 0.1) is 38.2 Å². The van der Waals surface area contributed by atoms with Crippen LogP contribution < -0.4 is 15.4 Å². The molecule has 2 heterocycles. The van der Waals surface area contributed by atoms with Gasteiger partial charge in [0.15, 0.2) is 0 Å². The van der Waals surface area contributed by atoms with Crippen molar-refractivity contribution in [1.82, 2.24) is 4.98 Å². The van der Waals surface area contributed by atoms with Gasteiger partial charge in [-0.2, -0.15) is 0 Å². The first-order valence-corrected chi connectivity index (χ1v) is 7.88. The second kappa shape index (κ2) is 8.01. The molecule has 1 amide bonds. The number of carbonyl (C=O) groups is 1. The molecule has 0 fully saturated rings. The highest BCUT2D eigenvalue weighted by molar-refractivity contribution is 5.92. The number of ether oxygens (including phenoxy) is 1. The molecular formula is C19H19N3O3. The fraction of sp³-hybridized carbons (Fsp3) is 0.158. The standard InChI is InChI=1S/C19H19N3O3/c1-24-16-7-4-14(5-8-16)11-19(23)22-15-6-9-18(20-12-15)21-13-17-3-2-10-25-17/h2-10,12H,11,13H2,1H3,(H,20,21)(H,22,23). The van der Waals surface area contributed by atoms with Crippen LogP contribution in [0.4, 0.5) is 11.5 Å². The Morgan fingerprint density at radius 3 is 2.64 bits per heavy atom. The minimum absolute atomic E-state index is 0.0942. The number of pyridine rings is 1. The van der Waals surface area contributed by atoms with Gasteiger partial charge in [-0.3, -0.25) is 4.79 Å². The summed E-state index contributed by atoms with van der Waals surface area (Å²) < 4.78 is 10.4. The molecule has 6 nitrogen and oxygen atoms in total. The van der Waals surface area contributed by atoms with Gasteiger partial charge in [0.25, 0.3) is 0 Å². The zero-order valence-corrected chi connectivity index (χ0v) is 13.9. The van der Waals surface area contributed by atoms with Crippen LogP contribution in [0.5, 0.6) is 5.75 Å². The lowest BCUT2D eigenvalue weighted by molar-refractivity contribution is -0.115. The van der Waals surface area contributed by atoms with Crippen molar-refractivity contribution in [2.45, 2.75) is 13.0 Å². The smallest absolute Gasteiger partial charge is 0.228 e. The van der Waals surface area contributed by atoms with Crippen molar-refractivity contribution in [2.75, 3.05) is 17.7 Å². The van der Waals surface area contributed by atoms with E-state index in [0.29, 0.717) is 24.5 Å². The van der Waals surface area contributed by atoms with E-state index in [9.17, 15) is 4.79 Å². The number of hydrogen-bond acceptors (Lipinski definition) is 5. The van der Waals surface area contributed by atoms with E-state index in [1.165, 1.54) is 0 Å². The largest absolute Gasteiger partial charge is 0.497 e. The predicted molar refractivity (Wildman–Crippen MR) is 95.6 cm³/mol. The van der Waals surface area contributed by atoms with E-state index >= 15 is 0 Å². The zero-order chi connectivity index (χ0) is 17.5. The fourth-order valence-electron chi connectivity index (χ4n) is 2.30. The Morgan fingerprint density at radius 1 is 1.16 bits per heavy atom. The fourth-order valence-corrected chi connectivity index (χ4v) is 2.30. The molecular weight excluding hydrogens is 318 g/mol. The van der Waals surface area contributed by atoms with Crippen molar-refractivity contribution in [3.05, 3.63) is 72.3 Å². The first-order valence-electron chi connectivity index (χ1n) is 7.88. The molecule has 0 spiro atoms. The van der Waals surface area contributed by atoms with Gasteiger partial charge >= 0.3 is 0 Å². The highest BCUT2D eigenvalue weighted by Crippen LogP contribution is 2.14. The van der Waals surface area contributed by atoms with Crippen LogP contribution in [0.25, 0.3) is 0 Å². The summed E-state index contributed by atoms with van der Waals surface area (Å²) in [6.07, 6.45) is 3.55. The molecule has 128 valence electrons. The van der Waals surface area contributed by atoms with Crippen molar-refractivity contribution >= 4 is 17.4 Å². The van der Waals surface area contributed by atoms with E-state index in [1.54, 1.807) is 19.6 Å². The number of rotatable bonds is 7. The second-order valence-corrected chi connectivity index (χ2v) is 5.44. The van der Waals surface area contributed by atoms with Crippen LogP contribution >= 0.6 is 0 Å². The number of carbonyl (C=O) groups excluding carboxylic acids is 1. The molecule has 0 atom stereocenters. The third kappa shape index (κ3) is 4.84. The molecule has 0 unspecified atom stereocenters. The molecule has 3 aromatic rings. The van der Waals surface area contributed by atoms with Gasteiger partial charge < -0.3 is 19.8 Å². The number of aromatic nitrogens is 1. The van der Waals surface area contributed by atoms with Crippen molar-refractivity contribution in [2.24, 2.45) is 0 Å². The van der Waals surface area contributed by atoms with E-state index in [-0.39, 0.29) is 5.91 Å². The Labute approximate surface area is 145 Å². The van der Waals surface area contributed by atoms with Gasteiger partial charge in [-0.25, -0.2) is 4.98 Å². The molecule has 0 radical (unpaired) electrons. The summed E-state index contributed by atoms with van der Waals surface area (Å²) in [5.41, 5.74) is 1.57. The number of anilines is 2. The molecule has 2 N–H and O–H groups in total. The third-order valence-electron chi connectivity index (χ3n) is 3.59. The SMILES string of the molecule is COc1ccc(CC(=O)Nc2ccc(NCc3ccco3)nc2)cc1. The number of nitrogens with one attached hydrogen (secondary N) is 2. The van der Waals surface area contributed by atoms with Crippen LogP contribution in [0.2, 0.25) is 0 Å². The number of nitrogens with zero attached hydrogens (tertiary/aromatic N) is 1. The summed E-state index contributed by atoms with van der Waals surface area (Å²) in [7, 11) is 1.61. The first-order chi connectivity index (χ1) is 12.2. The summed E-state index contributed by atoms with van der Waals surface area (Å²) in [6, 6.07) is 14.8. The number of amides is 1. The molecule has 0 bridgehead atoms. The van der Waals surface area contributed by atoms with Crippen LogP contribution in [0.1, 0.15) is 11.3 Å². The monoisotopic (exact) mass is 337 g/mol. The Balaban J connectivity index is 1.50. The summed E-state index contributed by atoms with van der Waals surface area (Å²) in [5.74, 6) is 2.22. The lowest BCUT2D eigenvalue weighted by Gasteiger charge is -2.07. The summed E-state index contributed by atoms with van der Waals surface area (Å²) in [5, 5.41) is 5.99. The molecule has 0 saturated carbocycles. The summed E-state index contributed by atoms with van der Waals surface area (Å²) >= 11 is 0. The second-order valence-electron chi connectivity index (χ2n) is 5.44. The molecule has 25 heavy (non-hydrogen) atoms. The average Bonchev–Trinajstić information content (AvgIpc) is 3.15. The molecule has 2 aromatic heterocycles. The molecule has 1 aromatic carbocycles. The maximum absolute atomic E-state index is 12.1. The van der Waals surface area contributed by atoms with Gasteiger partial charge in [-0.15, -0.1) is 0 Å². The Bertz CT molecular complexity index is 797. The van der Waals surface area contributed by atoms with E-state index < -0.39 is 0 Å². The van der Waals surface area contributed by atoms with Crippen LogP contribution in [-0.4, -0.2) is 18.0 Å². The van der Waals surface area contributed by atoms with Gasteiger partial charge in [0.2, 0.25) is 5.91 Å². The maximum Gasteiger partial charge on any atom is 0.228 e. The van der Waals surface area contributed by atoms with E-state index in [4.69, 9.17) is 9.15 Å². The van der Waals surface area contributed by atoms with Crippen molar-refractivity contribution in [3.63, 3.8) is 0 Å². The van der Waals surface area contributed by atoms with E-state index in [2.05, 4.69) is 15.6 Å². The Hall–Kier alpha value is -3.28. The van der Waals surface area contributed by atoms with Crippen molar-refractivity contribution in [3.8, 4) is 5.75 Å². The van der Waals surface area contributed by atoms with Crippen LogP contribution in [0.3, 0.4) is 0 Å². The molecule has 0 aliphatic carbocycles. The number of furan rings is 1. The molecule has 6 heteroatoms. The maximum atomic E-state index is 12.1. The third-order valence-corrected chi connectivity index (χ3v) is 3.59. The number of benzene rings is 1. The Kier molecular flexibility index (Phi) is 5.31. The quantitative estimate of drug-likeness (QED) is 0.690. The molecule has 0 aliphatic heterocycles. The molecule has 0 saturated heterocycles. The van der Waals surface area contributed by atoms with Crippen LogP contribution in [0, 0.1) is 0 Å². The Morgan fingerprint density at radius 2 is 2.00 bits per heavy atom. The van der Waals surface area contributed by atoms with Gasteiger partial charge in [0.1, 0.15) is 17.3 Å². The van der Waals surface area contributed by atoms with Crippen molar-refractivity contribution in [1.29, 1.82) is 0 Å². The van der Waals surface area contributed by atoms with E-state index in [0.717, 1.165) is 17.1 Å². The topological polar surface area (TPSA) is 76.4 Å². The van der Waals surface area contributed by atoms with Gasteiger partial charge in [-0.05, 0) is 42.0 Å².